The van der Waals surface area contributed by atoms with Crippen LogP contribution in [0.4, 0.5) is 4.79 Å². The van der Waals surface area contributed by atoms with Crippen molar-refractivity contribution in [1.82, 2.24) is 10.6 Å². The van der Waals surface area contributed by atoms with Crippen molar-refractivity contribution < 1.29 is 29.0 Å². The molecule has 9 heteroatoms. The third kappa shape index (κ3) is 10.2. The van der Waals surface area contributed by atoms with E-state index in [-0.39, 0.29) is 31.8 Å². The number of nitrogens with one attached hydrogen (secondary N) is 2. The van der Waals surface area contributed by atoms with Gasteiger partial charge < -0.3 is 26.2 Å². The molecule has 0 aromatic carbocycles. The standard InChI is InChI=1S/C12H21N3O6/c1-2-21-10(17)4-3-7-14-12(20)15-8(11(18)19)5-6-9(13)16/h8H,2-7H2,1H3,(H2,13,16)(H,18,19)(H2,14,15,20). The van der Waals surface area contributed by atoms with Gasteiger partial charge >= 0.3 is 18.0 Å². The maximum absolute atomic E-state index is 11.5. The zero-order valence-corrected chi connectivity index (χ0v) is 11.9. The topological polar surface area (TPSA) is 148 Å². The van der Waals surface area contributed by atoms with Gasteiger partial charge in [-0.25, -0.2) is 9.59 Å². The number of nitrogens with two attached hydrogens (primary N) is 1. The molecule has 0 saturated heterocycles. The van der Waals surface area contributed by atoms with Crippen LogP contribution in [0.1, 0.15) is 32.6 Å². The van der Waals surface area contributed by atoms with Crippen LogP contribution < -0.4 is 16.4 Å². The smallest absolute Gasteiger partial charge is 0.326 e. The highest BCUT2D eigenvalue weighted by Gasteiger charge is 2.20. The Hall–Kier alpha value is -2.32. The summed E-state index contributed by atoms with van der Waals surface area (Å²) in [5, 5.41) is 13.5. The fraction of sp³-hybridized carbons (Fsp3) is 0.667. The minimum Gasteiger partial charge on any atom is -0.480 e. The average molecular weight is 303 g/mol. The van der Waals surface area contributed by atoms with Crippen molar-refractivity contribution in [3.8, 4) is 0 Å². The summed E-state index contributed by atoms with van der Waals surface area (Å²) in [5.41, 5.74) is 4.92. The lowest BCUT2D eigenvalue weighted by atomic mass is 10.1. The van der Waals surface area contributed by atoms with Crippen LogP contribution in [-0.4, -0.2) is 48.2 Å². The number of carbonyl (C=O) groups is 4. The Morgan fingerprint density at radius 3 is 2.43 bits per heavy atom. The van der Waals surface area contributed by atoms with Crippen LogP contribution in [0, 0.1) is 0 Å². The first-order valence-corrected chi connectivity index (χ1v) is 6.57. The normalized spacial score (nSPS) is 11.3. The van der Waals surface area contributed by atoms with E-state index in [1.165, 1.54) is 0 Å². The number of carbonyl (C=O) groups excluding carboxylic acids is 3. The lowest BCUT2D eigenvalue weighted by molar-refractivity contribution is -0.143. The van der Waals surface area contributed by atoms with Gasteiger partial charge in [0.05, 0.1) is 6.61 Å². The summed E-state index contributed by atoms with van der Waals surface area (Å²) in [6.07, 6.45) is 0.324. The third-order valence-corrected chi connectivity index (χ3v) is 2.43. The van der Waals surface area contributed by atoms with Crippen molar-refractivity contribution in [1.29, 1.82) is 0 Å². The molecule has 0 bridgehead atoms. The van der Waals surface area contributed by atoms with E-state index in [1.807, 2.05) is 0 Å². The molecule has 0 saturated carbocycles. The van der Waals surface area contributed by atoms with Gasteiger partial charge in [-0.1, -0.05) is 0 Å². The fourth-order valence-electron chi connectivity index (χ4n) is 1.42. The van der Waals surface area contributed by atoms with Gasteiger partial charge in [0.25, 0.3) is 0 Å². The molecule has 1 atom stereocenters. The van der Waals surface area contributed by atoms with Crippen LogP contribution >= 0.6 is 0 Å². The number of rotatable bonds is 10. The molecule has 9 nitrogen and oxygen atoms in total. The van der Waals surface area contributed by atoms with Crippen molar-refractivity contribution in [3.63, 3.8) is 0 Å². The highest BCUT2D eigenvalue weighted by Crippen LogP contribution is 1.97. The molecule has 3 amide bonds. The van der Waals surface area contributed by atoms with E-state index in [9.17, 15) is 19.2 Å². The second-order valence-corrected chi connectivity index (χ2v) is 4.20. The molecule has 0 radical (unpaired) electrons. The number of urea groups is 1. The number of esters is 1. The largest absolute Gasteiger partial charge is 0.480 e. The summed E-state index contributed by atoms with van der Waals surface area (Å²) in [7, 11) is 0. The maximum atomic E-state index is 11.5. The van der Waals surface area contributed by atoms with Crippen LogP contribution in [-0.2, 0) is 19.1 Å². The second-order valence-electron chi connectivity index (χ2n) is 4.20. The minimum absolute atomic E-state index is 0.0824. The molecule has 120 valence electrons. The van der Waals surface area contributed by atoms with Crippen LogP contribution in [0.25, 0.3) is 0 Å². The molecule has 5 N–H and O–H groups in total. The van der Waals surface area contributed by atoms with Gasteiger partial charge in [0, 0.05) is 19.4 Å². The lowest BCUT2D eigenvalue weighted by Gasteiger charge is -2.14. The predicted molar refractivity (Wildman–Crippen MR) is 72.3 cm³/mol. The predicted octanol–water partition coefficient (Wildman–Crippen LogP) is -0.652. The first kappa shape index (κ1) is 18.7. The van der Waals surface area contributed by atoms with Crippen LogP contribution in [0.2, 0.25) is 0 Å². The third-order valence-electron chi connectivity index (χ3n) is 2.43. The van der Waals surface area contributed by atoms with Gasteiger partial charge in [-0.05, 0) is 19.8 Å². The first-order chi connectivity index (χ1) is 9.86. The number of carboxylic acid groups (broad SMARTS) is 1. The van der Waals surface area contributed by atoms with Crippen LogP contribution in [0.5, 0.6) is 0 Å². The van der Waals surface area contributed by atoms with Gasteiger partial charge in [-0.3, -0.25) is 9.59 Å². The molecule has 0 aliphatic rings. The summed E-state index contributed by atoms with van der Waals surface area (Å²) in [5.74, 6) is -2.25. The van der Waals surface area contributed by atoms with Crippen molar-refractivity contribution in [2.75, 3.05) is 13.2 Å². The number of amides is 3. The van der Waals surface area contributed by atoms with E-state index in [2.05, 4.69) is 10.6 Å². The number of aliphatic carboxylic acids is 1. The Bertz CT molecular complexity index is 385. The maximum Gasteiger partial charge on any atom is 0.326 e. The first-order valence-electron chi connectivity index (χ1n) is 6.57. The molecule has 0 rings (SSSR count). The van der Waals surface area contributed by atoms with E-state index in [0.29, 0.717) is 13.0 Å². The quantitative estimate of drug-likeness (QED) is 0.311. The van der Waals surface area contributed by atoms with E-state index < -0.39 is 23.9 Å². The molecule has 21 heavy (non-hydrogen) atoms. The molecule has 0 aliphatic carbocycles. The Balaban J connectivity index is 3.95. The fourth-order valence-corrected chi connectivity index (χ4v) is 1.42. The highest BCUT2D eigenvalue weighted by atomic mass is 16.5. The monoisotopic (exact) mass is 303 g/mol. The molecule has 0 aliphatic heterocycles. The summed E-state index contributed by atoms with van der Waals surface area (Å²) >= 11 is 0. The number of primary amides is 1. The Labute approximate surface area is 122 Å². The number of hydrogen-bond acceptors (Lipinski definition) is 5. The van der Waals surface area contributed by atoms with Gasteiger partial charge in [-0.15, -0.1) is 0 Å². The SMILES string of the molecule is CCOC(=O)CCCNC(=O)NC(CCC(N)=O)C(=O)O. The summed E-state index contributed by atoms with van der Waals surface area (Å²) < 4.78 is 4.71. The molecular weight excluding hydrogens is 282 g/mol. The summed E-state index contributed by atoms with van der Waals surface area (Å²) in [4.78, 5) is 44.0. The van der Waals surface area contributed by atoms with Gasteiger partial charge in [-0.2, -0.15) is 0 Å². The van der Waals surface area contributed by atoms with Crippen molar-refractivity contribution in [3.05, 3.63) is 0 Å². The van der Waals surface area contributed by atoms with Gasteiger partial charge in [0.15, 0.2) is 0 Å². The van der Waals surface area contributed by atoms with E-state index >= 15 is 0 Å². The zero-order valence-electron chi connectivity index (χ0n) is 11.9. The second kappa shape index (κ2) is 10.5. The minimum atomic E-state index is -1.25. The molecule has 0 spiro atoms. The van der Waals surface area contributed by atoms with Gasteiger partial charge in [0.2, 0.25) is 5.91 Å². The molecule has 1 unspecified atom stereocenters. The number of hydrogen-bond donors (Lipinski definition) is 4. The highest BCUT2D eigenvalue weighted by molar-refractivity contribution is 5.83. The zero-order chi connectivity index (χ0) is 16.3. The molecule has 0 aromatic heterocycles. The van der Waals surface area contributed by atoms with Crippen molar-refractivity contribution in [2.45, 2.75) is 38.6 Å². The molecule has 0 fully saturated rings. The Morgan fingerprint density at radius 1 is 1.24 bits per heavy atom. The molecule has 0 aromatic rings. The van der Waals surface area contributed by atoms with E-state index in [0.717, 1.165) is 0 Å². The van der Waals surface area contributed by atoms with E-state index in [4.69, 9.17) is 15.6 Å². The van der Waals surface area contributed by atoms with Crippen molar-refractivity contribution in [2.24, 2.45) is 5.73 Å². The average Bonchev–Trinajstić information content (AvgIpc) is 2.39. The number of ether oxygens (including phenoxy) is 1. The van der Waals surface area contributed by atoms with Crippen LogP contribution in [0.15, 0.2) is 0 Å². The summed E-state index contributed by atoms with van der Waals surface area (Å²) in [6.45, 7) is 2.20. The Morgan fingerprint density at radius 2 is 1.90 bits per heavy atom. The molecule has 0 heterocycles. The lowest BCUT2D eigenvalue weighted by Crippen LogP contribution is -2.46. The van der Waals surface area contributed by atoms with Gasteiger partial charge in [0.1, 0.15) is 6.04 Å². The number of carboxylic acids is 1. The van der Waals surface area contributed by atoms with Crippen molar-refractivity contribution >= 4 is 23.9 Å². The summed E-state index contributed by atoms with van der Waals surface area (Å²) in [6, 6.07) is -1.88. The Kier molecular flexibility index (Phi) is 9.31. The van der Waals surface area contributed by atoms with Crippen LogP contribution in [0.3, 0.4) is 0 Å². The van der Waals surface area contributed by atoms with E-state index in [1.54, 1.807) is 6.92 Å². The molecular formula is C12H21N3O6.